The molecule has 0 bridgehead atoms. The van der Waals surface area contributed by atoms with Gasteiger partial charge < -0.3 is 5.11 Å². The minimum Gasteiger partial charge on any atom is -0.478 e. The average molecular weight is 239 g/mol. The molecule has 0 amide bonds. The summed E-state index contributed by atoms with van der Waals surface area (Å²) in [4.78, 5) is 15.2. The highest BCUT2D eigenvalue weighted by atomic mass is 32.2. The van der Waals surface area contributed by atoms with Crippen molar-refractivity contribution >= 4 is 17.7 Å². The highest BCUT2D eigenvalue weighted by molar-refractivity contribution is 7.99. The lowest BCUT2D eigenvalue weighted by Gasteiger charge is -2.08. The predicted molar refractivity (Wildman–Crippen MR) is 66.1 cm³/mol. The van der Waals surface area contributed by atoms with Gasteiger partial charge in [-0.1, -0.05) is 13.8 Å². The number of hydrogen-bond acceptors (Lipinski definition) is 3. The Bertz CT molecular complexity index is 377. The van der Waals surface area contributed by atoms with Gasteiger partial charge in [0.1, 0.15) is 5.03 Å². The average Bonchev–Trinajstić information content (AvgIpc) is 2.16. The number of rotatable bonds is 5. The molecule has 0 atom stereocenters. The number of nitrogens with zero attached hydrogens (tertiary/aromatic N) is 1. The number of aromatic nitrogens is 1. The third-order valence-corrected chi connectivity index (χ3v) is 3.30. The molecule has 0 aliphatic carbocycles. The molecule has 16 heavy (non-hydrogen) atoms. The third-order valence-electron chi connectivity index (χ3n) is 2.27. The maximum absolute atomic E-state index is 11.1. The van der Waals surface area contributed by atoms with Gasteiger partial charge >= 0.3 is 5.97 Å². The maximum atomic E-state index is 11.1. The number of carboxylic acid groups (broad SMARTS) is 1. The molecule has 1 aromatic heterocycles. The molecule has 3 nitrogen and oxygen atoms in total. The number of thioether (sulfide) groups is 1. The van der Waals surface area contributed by atoms with E-state index >= 15 is 0 Å². The molecule has 1 heterocycles. The van der Waals surface area contributed by atoms with Gasteiger partial charge in [0, 0.05) is 6.20 Å². The molecular weight excluding hydrogens is 222 g/mol. The van der Waals surface area contributed by atoms with Crippen molar-refractivity contribution in [1.82, 2.24) is 4.98 Å². The lowest BCUT2D eigenvalue weighted by atomic mass is 10.2. The molecule has 0 spiro atoms. The molecule has 0 unspecified atom stereocenters. The number of aryl methyl sites for hydroxylation is 1. The van der Waals surface area contributed by atoms with Crippen LogP contribution in [-0.4, -0.2) is 21.8 Å². The Kier molecular flexibility index (Phi) is 4.80. The monoisotopic (exact) mass is 239 g/mol. The van der Waals surface area contributed by atoms with Crippen molar-refractivity contribution in [2.75, 3.05) is 5.75 Å². The van der Waals surface area contributed by atoms with E-state index in [1.165, 1.54) is 11.8 Å². The molecule has 0 aliphatic rings. The van der Waals surface area contributed by atoms with Crippen LogP contribution in [0.5, 0.6) is 0 Å². The second-order valence-electron chi connectivity index (χ2n) is 4.14. The first-order valence-electron chi connectivity index (χ1n) is 5.34. The van der Waals surface area contributed by atoms with E-state index in [2.05, 4.69) is 18.8 Å². The first kappa shape index (κ1) is 13.0. The first-order valence-corrected chi connectivity index (χ1v) is 6.32. The van der Waals surface area contributed by atoms with Crippen molar-refractivity contribution in [2.24, 2.45) is 5.92 Å². The summed E-state index contributed by atoms with van der Waals surface area (Å²) in [6, 6.07) is 1.73. The van der Waals surface area contributed by atoms with Crippen molar-refractivity contribution < 1.29 is 9.90 Å². The van der Waals surface area contributed by atoms with Crippen LogP contribution in [0.25, 0.3) is 0 Å². The van der Waals surface area contributed by atoms with Crippen molar-refractivity contribution in [3.05, 3.63) is 23.4 Å². The summed E-state index contributed by atoms with van der Waals surface area (Å²) in [5, 5.41) is 9.73. The summed E-state index contributed by atoms with van der Waals surface area (Å²) < 4.78 is 0. The Morgan fingerprint density at radius 2 is 2.25 bits per heavy atom. The van der Waals surface area contributed by atoms with E-state index in [4.69, 9.17) is 5.11 Å². The molecule has 0 aliphatic heterocycles. The summed E-state index contributed by atoms with van der Waals surface area (Å²) in [5.41, 5.74) is 1.12. The lowest BCUT2D eigenvalue weighted by Crippen LogP contribution is -2.04. The van der Waals surface area contributed by atoms with Crippen LogP contribution in [0.4, 0.5) is 0 Å². The molecule has 1 N–H and O–H groups in total. The second kappa shape index (κ2) is 5.89. The fraction of sp³-hybridized carbons (Fsp3) is 0.500. The van der Waals surface area contributed by atoms with Crippen LogP contribution in [-0.2, 0) is 0 Å². The van der Waals surface area contributed by atoms with E-state index in [1.807, 2.05) is 0 Å². The van der Waals surface area contributed by atoms with Gasteiger partial charge in [0.15, 0.2) is 0 Å². The highest BCUT2D eigenvalue weighted by Gasteiger charge is 2.14. The largest absolute Gasteiger partial charge is 0.478 e. The highest BCUT2D eigenvalue weighted by Crippen LogP contribution is 2.24. The third kappa shape index (κ3) is 3.52. The molecule has 0 saturated heterocycles. The Labute approximate surface area is 100 Å². The number of carboxylic acids is 1. The standard InChI is InChI=1S/C12H17NO2S/c1-8(2)5-7-16-11-10(12(14)15)9(3)4-6-13-11/h4,6,8H,5,7H2,1-3H3,(H,14,15). The van der Waals surface area contributed by atoms with Crippen LogP contribution in [0, 0.1) is 12.8 Å². The van der Waals surface area contributed by atoms with E-state index in [0.717, 1.165) is 17.7 Å². The molecule has 0 fully saturated rings. The predicted octanol–water partition coefficient (Wildman–Crippen LogP) is 3.23. The van der Waals surface area contributed by atoms with Crippen molar-refractivity contribution in [3.63, 3.8) is 0 Å². The summed E-state index contributed by atoms with van der Waals surface area (Å²) in [7, 11) is 0. The van der Waals surface area contributed by atoms with E-state index in [-0.39, 0.29) is 0 Å². The quantitative estimate of drug-likeness (QED) is 0.801. The van der Waals surface area contributed by atoms with Crippen molar-refractivity contribution in [1.29, 1.82) is 0 Å². The Hall–Kier alpha value is -1.03. The molecular formula is C12H17NO2S. The lowest BCUT2D eigenvalue weighted by molar-refractivity contribution is 0.0691. The SMILES string of the molecule is Cc1ccnc(SCCC(C)C)c1C(=O)O. The molecule has 1 rings (SSSR count). The summed E-state index contributed by atoms with van der Waals surface area (Å²) in [6.07, 6.45) is 2.73. The van der Waals surface area contributed by atoms with Crippen LogP contribution in [0.3, 0.4) is 0 Å². The minimum absolute atomic E-state index is 0.344. The van der Waals surface area contributed by atoms with Crippen LogP contribution < -0.4 is 0 Å². The molecule has 0 radical (unpaired) electrons. The molecule has 88 valence electrons. The van der Waals surface area contributed by atoms with Gasteiger partial charge in [-0.2, -0.15) is 0 Å². The Morgan fingerprint density at radius 3 is 2.81 bits per heavy atom. The van der Waals surface area contributed by atoms with Gasteiger partial charge in [0.2, 0.25) is 0 Å². The smallest absolute Gasteiger partial charge is 0.338 e. The number of carbonyl (C=O) groups is 1. The van der Waals surface area contributed by atoms with Crippen LogP contribution in [0.1, 0.15) is 36.2 Å². The normalized spacial score (nSPS) is 10.8. The molecule has 1 aromatic rings. The molecule has 0 aromatic carbocycles. The Morgan fingerprint density at radius 1 is 1.56 bits per heavy atom. The Balaban J connectivity index is 2.79. The topological polar surface area (TPSA) is 50.2 Å². The van der Waals surface area contributed by atoms with E-state index in [9.17, 15) is 4.79 Å². The van der Waals surface area contributed by atoms with Crippen molar-refractivity contribution in [2.45, 2.75) is 32.2 Å². The summed E-state index contributed by atoms with van der Waals surface area (Å²) in [5.74, 6) is 0.650. The van der Waals surface area contributed by atoms with Gasteiger partial charge in [-0.3, -0.25) is 0 Å². The summed E-state index contributed by atoms with van der Waals surface area (Å²) in [6.45, 7) is 6.11. The maximum Gasteiger partial charge on any atom is 0.338 e. The number of aromatic carboxylic acids is 1. The molecule has 4 heteroatoms. The minimum atomic E-state index is -0.891. The zero-order valence-electron chi connectivity index (χ0n) is 9.86. The van der Waals surface area contributed by atoms with Gasteiger partial charge in [-0.05, 0) is 36.6 Å². The van der Waals surface area contributed by atoms with Crippen LogP contribution >= 0.6 is 11.8 Å². The van der Waals surface area contributed by atoms with Gasteiger partial charge in [-0.15, -0.1) is 11.8 Å². The van der Waals surface area contributed by atoms with Crippen LogP contribution in [0.15, 0.2) is 17.3 Å². The fourth-order valence-electron chi connectivity index (χ4n) is 1.29. The zero-order chi connectivity index (χ0) is 12.1. The van der Waals surface area contributed by atoms with Gasteiger partial charge in [0.25, 0.3) is 0 Å². The van der Waals surface area contributed by atoms with Crippen molar-refractivity contribution in [3.8, 4) is 0 Å². The zero-order valence-corrected chi connectivity index (χ0v) is 10.7. The van der Waals surface area contributed by atoms with E-state index in [0.29, 0.717) is 16.5 Å². The number of hydrogen-bond donors (Lipinski definition) is 1. The number of pyridine rings is 1. The van der Waals surface area contributed by atoms with Crippen LogP contribution in [0.2, 0.25) is 0 Å². The fourth-order valence-corrected chi connectivity index (χ4v) is 2.60. The molecule has 0 saturated carbocycles. The van der Waals surface area contributed by atoms with E-state index < -0.39 is 5.97 Å². The van der Waals surface area contributed by atoms with Gasteiger partial charge in [-0.25, -0.2) is 9.78 Å². The van der Waals surface area contributed by atoms with Gasteiger partial charge in [0.05, 0.1) is 5.56 Å². The second-order valence-corrected chi connectivity index (χ2v) is 5.23. The first-order chi connectivity index (χ1) is 7.52. The summed E-state index contributed by atoms with van der Waals surface area (Å²) >= 11 is 1.53. The van der Waals surface area contributed by atoms with E-state index in [1.54, 1.807) is 19.2 Å².